The fourth-order valence-electron chi connectivity index (χ4n) is 2.58. The number of halogens is 1. The average molecular weight is 363 g/mol. The summed E-state index contributed by atoms with van der Waals surface area (Å²) in [5.74, 6) is -0.470. The standard InChI is InChI=1S/C19H15BFN3O3/c1-11-16(10-24(23-11)14-6-3-12(21)4-7-14)19(26)22-13-5-8-15(18(20)25)17(9-13)27-2/h3-10H,1-2H3,(H,22,26). The topological polar surface area (TPSA) is 73.2 Å². The van der Waals surface area contributed by atoms with Crippen LogP contribution in [-0.4, -0.2) is 36.3 Å². The van der Waals surface area contributed by atoms with Crippen LogP contribution >= 0.6 is 0 Å². The van der Waals surface area contributed by atoms with Crippen LogP contribution < -0.4 is 10.1 Å². The van der Waals surface area contributed by atoms with E-state index in [9.17, 15) is 14.0 Å². The summed E-state index contributed by atoms with van der Waals surface area (Å²) in [6, 6.07) is 10.3. The Morgan fingerprint density at radius 3 is 2.48 bits per heavy atom. The number of nitrogens with one attached hydrogen (secondary N) is 1. The molecule has 27 heavy (non-hydrogen) atoms. The SMILES string of the molecule is [B]C(=O)c1ccc(NC(=O)c2cn(-c3ccc(F)cc3)nc2C)cc1OC. The van der Waals surface area contributed by atoms with Gasteiger partial charge in [0.25, 0.3) is 5.91 Å². The van der Waals surface area contributed by atoms with Gasteiger partial charge in [-0.2, -0.15) is 5.10 Å². The van der Waals surface area contributed by atoms with Crippen LogP contribution in [-0.2, 0) is 0 Å². The molecule has 134 valence electrons. The van der Waals surface area contributed by atoms with Crippen molar-refractivity contribution in [1.82, 2.24) is 9.78 Å². The molecule has 0 bridgehead atoms. The van der Waals surface area contributed by atoms with Crippen molar-refractivity contribution < 1.29 is 18.7 Å². The van der Waals surface area contributed by atoms with Crippen molar-refractivity contribution in [2.45, 2.75) is 6.92 Å². The molecule has 0 spiro atoms. The van der Waals surface area contributed by atoms with Gasteiger partial charge in [-0.05, 0) is 43.3 Å². The van der Waals surface area contributed by atoms with Crippen LogP contribution in [0.1, 0.15) is 26.4 Å². The van der Waals surface area contributed by atoms with Gasteiger partial charge in [-0.3, -0.25) is 4.79 Å². The summed E-state index contributed by atoms with van der Waals surface area (Å²) in [4.78, 5) is 24.0. The molecule has 2 radical (unpaired) electrons. The van der Waals surface area contributed by atoms with E-state index in [0.29, 0.717) is 22.6 Å². The van der Waals surface area contributed by atoms with E-state index in [2.05, 4.69) is 10.4 Å². The van der Waals surface area contributed by atoms with Crippen molar-refractivity contribution in [2.24, 2.45) is 0 Å². The van der Waals surface area contributed by atoms with Crippen LogP contribution in [0, 0.1) is 12.7 Å². The lowest BCUT2D eigenvalue weighted by Crippen LogP contribution is -2.13. The third kappa shape index (κ3) is 3.89. The average Bonchev–Trinajstić information content (AvgIpc) is 3.03. The molecule has 0 atom stereocenters. The summed E-state index contributed by atoms with van der Waals surface area (Å²) in [5.41, 5.74) is 1.54. The number of aromatic nitrogens is 2. The first kappa shape index (κ1) is 18.4. The molecule has 0 aliphatic rings. The zero-order valence-corrected chi connectivity index (χ0v) is 14.7. The quantitative estimate of drug-likeness (QED) is 0.708. The minimum atomic E-state index is -0.624. The van der Waals surface area contributed by atoms with E-state index < -0.39 is 5.68 Å². The van der Waals surface area contributed by atoms with Gasteiger partial charge in [-0.25, -0.2) is 9.07 Å². The normalized spacial score (nSPS) is 10.5. The predicted octanol–water partition coefficient (Wildman–Crippen LogP) is 2.89. The summed E-state index contributed by atoms with van der Waals surface area (Å²) in [6.07, 6.45) is 1.56. The van der Waals surface area contributed by atoms with Gasteiger partial charge < -0.3 is 14.8 Å². The summed E-state index contributed by atoms with van der Waals surface area (Å²) >= 11 is 0. The minimum Gasteiger partial charge on any atom is -0.496 e. The fourth-order valence-corrected chi connectivity index (χ4v) is 2.58. The second-order valence-electron chi connectivity index (χ2n) is 5.78. The number of nitrogens with zero attached hydrogens (tertiary/aromatic N) is 2. The fraction of sp³-hybridized carbons (Fsp3) is 0.105. The maximum Gasteiger partial charge on any atom is 0.259 e. The zero-order chi connectivity index (χ0) is 19.6. The van der Waals surface area contributed by atoms with Crippen LogP contribution in [0.15, 0.2) is 48.7 Å². The summed E-state index contributed by atoms with van der Waals surface area (Å²) in [5, 5.41) is 7.02. The van der Waals surface area contributed by atoms with Crippen LogP contribution in [0.2, 0.25) is 0 Å². The molecule has 0 fully saturated rings. The van der Waals surface area contributed by atoms with Crippen LogP contribution in [0.4, 0.5) is 10.1 Å². The van der Waals surface area contributed by atoms with E-state index >= 15 is 0 Å². The van der Waals surface area contributed by atoms with E-state index in [0.717, 1.165) is 0 Å². The molecular formula is C19H15BFN3O3. The largest absolute Gasteiger partial charge is 0.496 e. The third-order valence-electron chi connectivity index (χ3n) is 3.96. The Bertz CT molecular complexity index is 1020. The number of methoxy groups -OCH3 is 1. The number of rotatable bonds is 5. The van der Waals surface area contributed by atoms with E-state index in [4.69, 9.17) is 12.6 Å². The highest BCUT2D eigenvalue weighted by Crippen LogP contribution is 2.24. The highest BCUT2D eigenvalue weighted by Gasteiger charge is 2.16. The van der Waals surface area contributed by atoms with Crippen LogP contribution in [0.25, 0.3) is 5.69 Å². The number of carbonyl (C=O) groups is 2. The maximum absolute atomic E-state index is 13.1. The molecule has 6 nitrogen and oxygen atoms in total. The lowest BCUT2D eigenvalue weighted by molar-refractivity contribution is 0.102. The molecule has 2 aromatic carbocycles. The van der Waals surface area contributed by atoms with E-state index in [1.165, 1.54) is 36.1 Å². The number of benzene rings is 2. The first-order chi connectivity index (χ1) is 12.9. The lowest BCUT2D eigenvalue weighted by Gasteiger charge is -2.10. The molecule has 3 aromatic rings. The Balaban J connectivity index is 1.84. The third-order valence-corrected chi connectivity index (χ3v) is 3.96. The Labute approximate surface area is 156 Å². The molecule has 1 N–H and O–H groups in total. The molecular weight excluding hydrogens is 348 g/mol. The van der Waals surface area contributed by atoms with Crippen molar-refractivity contribution >= 4 is 25.1 Å². The second kappa shape index (κ2) is 7.45. The zero-order valence-electron chi connectivity index (χ0n) is 14.7. The summed E-state index contributed by atoms with van der Waals surface area (Å²) < 4.78 is 19.7. The number of carbonyl (C=O) groups excluding carboxylic acids is 2. The molecule has 1 aromatic heterocycles. The van der Waals surface area contributed by atoms with Gasteiger partial charge in [0.1, 0.15) is 17.2 Å². The number of aryl methyl sites for hydroxylation is 1. The van der Waals surface area contributed by atoms with Crippen molar-refractivity contribution in [3.8, 4) is 11.4 Å². The molecule has 8 heteroatoms. The predicted molar refractivity (Wildman–Crippen MR) is 99.3 cm³/mol. The molecule has 1 heterocycles. The summed E-state index contributed by atoms with van der Waals surface area (Å²) in [6.45, 7) is 1.70. The van der Waals surface area contributed by atoms with Crippen LogP contribution in [0.3, 0.4) is 0 Å². The highest BCUT2D eigenvalue weighted by molar-refractivity contribution is 6.62. The van der Waals surface area contributed by atoms with Gasteiger partial charge in [0.2, 0.25) is 0 Å². The first-order valence-corrected chi connectivity index (χ1v) is 8.00. The Kier molecular flexibility index (Phi) is 5.07. The smallest absolute Gasteiger partial charge is 0.259 e. The van der Waals surface area contributed by atoms with E-state index in [-0.39, 0.29) is 23.0 Å². The molecule has 0 saturated heterocycles. The van der Waals surface area contributed by atoms with Crippen molar-refractivity contribution in [3.63, 3.8) is 0 Å². The number of amides is 1. The van der Waals surface area contributed by atoms with Gasteiger partial charge in [-0.15, -0.1) is 0 Å². The number of hydrogen-bond acceptors (Lipinski definition) is 4. The summed E-state index contributed by atoms with van der Waals surface area (Å²) in [7, 11) is 6.69. The number of ether oxygens (including phenoxy) is 1. The van der Waals surface area contributed by atoms with Crippen LogP contribution in [0.5, 0.6) is 5.75 Å². The van der Waals surface area contributed by atoms with Crippen molar-refractivity contribution in [2.75, 3.05) is 12.4 Å². The Hall–Kier alpha value is -3.42. The number of hydrogen-bond donors (Lipinski definition) is 1. The number of anilines is 1. The lowest BCUT2D eigenvalue weighted by atomic mass is 9.94. The molecule has 0 aliphatic carbocycles. The molecule has 0 saturated carbocycles. The van der Waals surface area contributed by atoms with Gasteiger partial charge in [0.05, 0.1) is 24.1 Å². The van der Waals surface area contributed by atoms with Crippen molar-refractivity contribution in [3.05, 3.63) is 71.3 Å². The van der Waals surface area contributed by atoms with Gasteiger partial charge in [-0.1, -0.05) is 0 Å². The monoisotopic (exact) mass is 363 g/mol. The molecule has 3 rings (SSSR count). The highest BCUT2D eigenvalue weighted by atomic mass is 19.1. The van der Waals surface area contributed by atoms with E-state index in [1.807, 2.05) is 0 Å². The second-order valence-corrected chi connectivity index (χ2v) is 5.78. The Morgan fingerprint density at radius 2 is 1.85 bits per heavy atom. The molecule has 0 aliphatic heterocycles. The van der Waals surface area contributed by atoms with Gasteiger partial charge >= 0.3 is 0 Å². The van der Waals surface area contributed by atoms with Gasteiger partial charge in [0, 0.05) is 23.5 Å². The minimum absolute atomic E-state index is 0.218. The van der Waals surface area contributed by atoms with Crippen molar-refractivity contribution in [1.29, 1.82) is 0 Å². The molecule has 1 amide bonds. The maximum atomic E-state index is 13.1. The first-order valence-electron chi connectivity index (χ1n) is 8.00. The van der Waals surface area contributed by atoms with E-state index in [1.54, 1.807) is 31.3 Å². The Morgan fingerprint density at radius 1 is 1.15 bits per heavy atom. The molecule has 0 unspecified atom stereocenters. The van der Waals surface area contributed by atoms with Gasteiger partial charge in [0.15, 0.2) is 7.85 Å².